The van der Waals surface area contributed by atoms with E-state index in [2.05, 4.69) is 10.6 Å². The normalized spacial score (nSPS) is 25.5. The van der Waals surface area contributed by atoms with E-state index in [1.54, 1.807) is 6.07 Å². The maximum Gasteiger partial charge on any atom is 0.251 e. The van der Waals surface area contributed by atoms with Crippen LogP contribution in [-0.2, 0) is 11.3 Å². The largest absolute Gasteiger partial charge is 0.494 e. The van der Waals surface area contributed by atoms with Gasteiger partial charge in [-0.3, -0.25) is 4.79 Å². The highest BCUT2D eigenvalue weighted by Gasteiger charge is 2.37. The molecular weight excluding hydrogens is 385 g/mol. The Morgan fingerprint density at radius 2 is 2.17 bits per heavy atom. The number of carbonyl (C=O) groups is 1. The lowest BCUT2D eigenvalue weighted by molar-refractivity contribution is -0.119. The highest BCUT2D eigenvalue weighted by atomic mass is 19.1. The van der Waals surface area contributed by atoms with E-state index < -0.39 is 11.9 Å². The number of nitrogens with zero attached hydrogens (tertiary/aromatic N) is 1. The fraction of sp³-hybridized carbons (Fsp3) is 0.435. The number of aliphatic hydroxyl groups is 1. The molecule has 3 aliphatic rings. The van der Waals surface area contributed by atoms with Gasteiger partial charge in [0, 0.05) is 18.4 Å². The summed E-state index contributed by atoms with van der Waals surface area (Å²) in [5.74, 6) is -0.383. The van der Waals surface area contributed by atoms with Crippen molar-refractivity contribution in [3.63, 3.8) is 0 Å². The third-order valence-corrected chi connectivity index (χ3v) is 6.07. The van der Waals surface area contributed by atoms with E-state index in [4.69, 9.17) is 4.74 Å². The van der Waals surface area contributed by atoms with Crippen molar-refractivity contribution in [1.29, 1.82) is 0 Å². The van der Waals surface area contributed by atoms with Gasteiger partial charge in [-0.05, 0) is 55.3 Å². The van der Waals surface area contributed by atoms with Crippen LogP contribution in [0.1, 0.15) is 38.2 Å². The summed E-state index contributed by atoms with van der Waals surface area (Å²) in [4.78, 5) is 15.1. The Balaban J connectivity index is 1.57. The standard InChI is InChI=1S/C23H28FN3O3/c1-14-9-10-25-21-16(23(29)26-18-5-3-4-6-19(18)28)13-27(22(14)21)12-15-7-8-20(30-2)17(24)11-15/h7-11,13,18-19,21,25,28H,3-6,12H2,1-2H3,(H,26,29)/t18-,19-,21?/m0/s1. The lowest BCUT2D eigenvalue weighted by Crippen LogP contribution is -2.47. The number of methoxy groups -OCH3 is 1. The number of aliphatic hydroxyl groups excluding tert-OH is 1. The van der Waals surface area contributed by atoms with Crippen LogP contribution in [0, 0.1) is 5.82 Å². The lowest BCUT2D eigenvalue weighted by Gasteiger charge is -2.30. The van der Waals surface area contributed by atoms with E-state index in [0.717, 1.165) is 36.1 Å². The number of rotatable bonds is 5. The SMILES string of the molecule is COc1ccc(CN2C=C(C(=O)N[C@H]3CCCC[C@@H]3O)C3NC=CC(C)=C32)cc1F. The van der Waals surface area contributed by atoms with Crippen molar-refractivity contribution in [3.8, 4) is 5.75 Å². The summed E-state index contributed by atoms with van der Waals surface area (Å²) in [6, 6.07) is 4.41. The zero-order chi connectivity index (χ0) is 21.3. The molecule has 6 nitrogen and oxygen atoms in total. The molecule has 4 rings (SSSR count). The number of amides is 1. The molecule has 30 heavy (non-hydrogen) atoms. The molecule has 1 aromatic carbocycles. The molecule has 1 fully saturated rings. The molecule has 3 N–H and O–H groups in total. The molecule has 0 aromatic heterocycles. The first-order valence-electron chi connectivity index (χ1n) is 10.4. The van der Waals surface area contributed by atoms with Gasteiger partial charge in [0.15, 0.2) is 11.6 Å². The Kier molecular flexibility index (Phi) is 5.81. The van der Waals surface area contributed by atoms with Crippen LogP contribution in [0.2, 0.25) is 0 Å². The number of allylic oxidation sites excluding steroid dienone is 2. The molecule has 1 saturated carbocycles. The topological polar surface area (TPSA) is 73.8 Å². The molecule has 3 atom stereocenters. The molecule has 0 radical (unpaired) electrons. The van der Waals surface area contributed by atoms with Crippen LogP contribution in [-0.4, -0.2) is 41.2 Å². The summed E-state index contributed by atoms with van der Waals surface area (Å²) in [7, 11) is 1.44. The maximum absolute atomic E-state index is 14.2. The van der Waals surface area contributed by atoms with Crippen LogP contribution < -0.4 is 15.4 Å². The number of fused-ring (bicyclic) bond motifs is 1. The van der Waals surface area contributed by atoms with Gasteiger partial charge in [0.2, 0.25) is 0 Å². The van der Waals surface area contributed by atoms with Crippen LogP contribution in [0.5, 0.6) is 5.75 Å². The Labute approximate surface area is 176 Å². The molecule has 160 valence electrons. The molecule has 2 aliphatic heterocycles. The number of hydrogen-bond donors (Lipinski definition) is 3. The second kappa shape index (κ2) is 8.52. The summed E-state index contributed by atoms with van der Waals surface area (Å²) in [5.41, 5.74) is 3.40. The van der Waals surface area contributed by atoms with E-state index in [-0.39, 0.29) is 23.7 Å². The smallest absolute Gasteiger partial charge is 0.251 e. The second-order valence-electron chi connectivity index (χ2n) is 8.11. The predicted molar refractivity (Wildman–Crippen MR) is 112 cm³/mol. The van der Waals surface area contributed by atoms with Crippen LogP contribution in [0.3, 0.4) is 0 Å². The van der Waals surface area contributed by atoms with Gasteiger partial charge < -0.3 is 25.4 Å². The zero-order valence-electron chi connectivity index (χ0n) is 17.3. The fourth-order valence-corrected chi connectivity index (χ4v) is 4.46. The minimum atomic E-state index is -0.501. The van der Waals surface area contributed by atoms with Gasteiger partial charge in [0.25, 0.3) is 5.91 Å². The molecule has 1 aliphatic carbocycles. The highest BCUT2D eigenvalue weighted by Crippen LogP contribution is 2.33. The van der Waals surface area contributed by atoms with Crippen molar-refractivity contribution in [3.05, 3.63) is 64.9 Å². The van der Waals surface area contributed by atoms with Gasteiger partial charge in [-0.15, -0.1) is 0 Å². The van der Waals surface area contributed by atoms with Crippen LogP contribution in [0.15, 0.2) is 53.5 Å². The molecule has 2 heterocycles. The minimum absolute atomic E-state index is 0.178. The third-order valence-electron chi connectivity index (χ3n) is 6.07. The van der Waals surface area contributed by atoms with Crippen molar-refractivity contribution >= 4 is 5.91 Å². The Hall–Kier alpha value is -2.80. The maximum atomic E-state index is 14.2. The van der Waals surface area contributed by atoms with Crippen LogP contribution >= 0.6 is 0 Å². The molecule has 1 aromatic rings. The van der Waals surface area contributed by atoms with Crippen LogP contribution in [0.4, 0.5) is 4.39 Å². The molecular formula is C23H28FN3O3. The summed E-state index contributed by atoms with van der Waals surface area (Å²) in [6.45, 7) is 2.43. The number of carbonyl (C=O) groups excluding carboxylic acids is 1. The number of dihydropyridines is 1. The first-order valence-corrected chi connectivity index (χ1v) is 10.4. The first kappa shape index (κ1) is 20.5. The monoisotopic (exact) mass is 413 g/mol. The first-order chi connectivity index (χ1) is 14.5. The summed E-state index contributed by atoms with van der Waals surface area (Å²) >= 11 is 0. The van der Waals surface area contributed by atoms with Crippen molar-refractivity contribution < 1.29 is 19.0 Å². The van der Waals surface area contributed by atoms with Crippen molar-refractivity contribution in [1.82, 2.24) is 15.5 Å². The van der Waals surface area contributed by atoms with Crippen molar-refractivity contribution in [2.45, 2.75) is 57.3 Å². The van der Waals surface area contributed by atoms with Gasteiger partial charge in [0.05, 0.1) is 30.9 Å². The Bertz CT molecular complexity index is 924. The van der Waals surface area contributed by atoms with Crippen molar-refractivity contribution in [2.24, 2.45) is 0 Å². The van der Waals surface area contributed by atoms with E-state index >= 15 is 0 Å². The average molecular weight is 413 g/mol. The fourth-order valence-electron chi connectivity index (χ4n) is 4.46. The number of hydrogen-bond acceptors (Lipinski definition) is 5. The molecule has 1 amide bonds. The molecule has 1 unspecified atom stereocenters. The number of benzene rings is 1. The van der Waals surface area contributed by atoms with Gasteiger partial charge in [-0.2, -0.15) is 0 Å². The van der Waals surface area contributed by atoms with Crippen LogP contribution in [0.25, 0.3) is 0 Å². The van der Waals surface area contributed by atoms with Gasteiger partial charge >= 0.3 is 0 Å². The quantitative estimate of drug-likeness (QED) is 0.692. The average Bonchev–Trinajstić information content (AvgIpc) is 3.10. The van der Waals surface area contributed by atoms with Crippen molar-refractivity contribution in [2.75, 3.05) is 7.11 Å². The third kappa shape index (κ3) is 3.94. The molecule has 0 saturated heterocycles. The number of halogens is 1. The van der Waals surface area contributed by atoms with E-state index in [0.29, 0.717) is 18.5 Å². The summed E-state index contributed by atoms with van der Waals surface area (Å²) in [6.07, 6.45) is 8.63. The number of nitrogens with one attached hydrogen (secondary N) is 2. The predicted octanol–water partition coefficient (Wildman–Crippen LogP) is 2.71. The summed E-state index contributed by atoms with van der Waals surface area (Å²) < 4.78 is 19.2. The number of ether oxygens (including phenoxy) is 1. The van der Waals surface area contributed by atoms with E-state index in [9.17, 15) is 14.3 Å². The highest BCUT2D eigenvalue weighted by molar-refractivity contribution is 5.96. The summed E-state index contributed by atoms with van der Waals surface area (Å²) in [5, 5.41) is 16.5. The molecule has 7 heteroatoms. The second-order valence-corrected chi connectivity index (χ2v) is 8.11. The molecule has 0 bridgehead atoms. The van der Waals surface area contributed by atoms with Gasteiger partial charge in [-0.25, -0.2) is 4.39 Å². The minimum Gasteiger partial charge on any atom is -0.494 e. The van der Waals surface area contributed by atoms with Gasteiger partial charge in [-0.1, -0.05) is 18.9 Å². The Morgan fingerprint density at radius 1 is 1.37 bits per heavy atom. The Morgan fingerprint density at radius 3 is 2.90 bits per heavy atom. The van der Waals surface area contributed by atoms with E-state index in [1.807, 2.05) is 36.4 Å². The lowest BCUT2D eigenvalue weighted by atomic mass is 9.92. The van der Waals surface area contributed by atoms with Gasteiger partial charge in [0.1, 0.15) is 0 Å². The zero-order valence-corrected chi connectivity index (χ0v) is 17.3. The van der Waals surface area contributed by atoms with E-state index in [1.165, 1.54) is 13.2 Å². The molecule has 0 spiro atoms.